The molecule has 2 rings (SSSR count). The Morgan fingerprint density at radius 1 is 1.38 bits per heavy atom. The van der Waals surface area contributed by atoms with Crippen LogP contribution in [-0.4, -0.2) is 38.3 Å². The lowest BCUT2D eigenvalue weighted by atomic mass is 10.0. The van der Waals surface area contributed by atoms with Gasteiger partial charge < -0.3 is 15.4 Å². The Hall–Kier alpha value is -0.610. The molecule has 2 heterocycles. The van der Waals surface area contributed by atoms with Crippen LogP contribution in [0.5, 0.6) is 0 Å². The van der Waals surface area contributed by atoms with E-state index in [0.717, 1.165) is 39.1 Å². The molecule has 0 bridgehead atoms. The zero-order chi connectivity index (χ0) is 11.2. The molecule has 2 aliphatic rings. The van der Waals surface area contributed by atoms with Gasteiger partial charge in [-0.2, -0.15) is 0 Å². The number of carbonyl (C=O) groups excluding carboxylic acids is 1. The largest absolute Gasteiger partial charge is 0.381 e. The first-order chi connectivity index (χ1) is 7.84. The van der Waals surface area contributed by atoms with Crippen molar-refractivity contribution in [1.29, 1.82) is 0 Å². The zero-order valence-electron chi connectivity index (χ0n) is 9.84. The van der Waals surface area contributed by atoms with E-state index in [-0.39, 0.29) is 5.91 Å². The number of hydrogen-bond donors (Lipinski definition) is 2. The number of rotatable bonds is 3. The van der Waals surface area contributed by atoms with E-state index in [1.54, 1.807) is 0 Å². The zero-order valence-corrected chi connectivity index (χ0v) is 9.84. The van der Waals surface area contributed by atoms with Gasteiger partial charge in [0.1, 0.15) is 0 Å². The van der Waals surface area contributed by atoms with E-state index in [1.807, 2.05) is 0 Å². The molecule has 0 radical (unpaired) electrons. The minimum atomic E-state index is 0.190. The summed E-state index contributed by atoms with van der Waals surface area (Å²) in [5, 5.41) is 6.43. The van der Waals surface area contributed by atoms with Gasteiger partial charge in [0.25, 0.3) is 0 Å². The molecule has 2 fully saturated rings. The molecule has 4 nitrogen and oxygen atoms in total. The van der Waals surface area contributed by atoms with Crippen molar-refractivity contribution in [2.24, 2.45) is 5.92 Å². The highest BCUT2D eigenvalue weighted by molar-refractivity contribution is 5.76. The third kappa shape index (κ3) is 3.76. The second-order valence-electron chi connectivity index (χ2n) is 4.88. The lowest BCUT2D eigenvalue weighted by molar-refractivity contribution is -0.121. The molecule has 0 aliphatic carbocycles. The van der Waals surface area contributed by atoms with Crippen molar-refractivity contribution in [3.8, 4) is 0 Å². The maximum atomic E-state index is 11.4. The maximum absolute atomic E-state index is 11.4. The van der Waals surface area contributed by atoms with Crippen LogP contribution in [-0.2, 0) is 9.53 Å². The van der Waals surface area contributed by atoms with E-state index in [0.29, 0.717) is 18.4 Å². The Bertz CT molecular complexity index is 227. The second kappa shape index (κ2) is 6.21. The van der Waals surface area contributed by atoms with Crippen LogP contribution in [0.25, 0.3) is 0 Å². The average molecular weight is 226 g/mol. The number of carbonyl (C=O) groups is 1. The quantitative estimate of drug-likeness (QED) is 0.743. The van der Waals surface area contributed by atoms with Gasteiger partial charge in [0.15, 0.2) is 0 Å². The molecule has 0 saturated carbocycles. The smallest absolute Gasteiger partial charge is 0.221 e. The van der Waals surface area contributed by atoms with Crippen molar-refractivity contribution < 1.29 is 9.53 Å². The molecule has 2 N–H and O–H groups in total. The molecule has 2 aliphatic heterocycles. The fraction of sp³-hybridized carbons (Fsp3) is 0.917. The van der Waals surface area contributed by atoms with Crippen molar-refractivity contribution in [2.75, 3.05) is 26.3 Å². The molecule has 2 atom stereocenters. The summed E-state index contributed by atoms with van der Waals surface area (Å²) in [4.78, 5) is 11.4. The van der Waals surface area contributed by atoms with Crippen LogP contribution in [0.3, 0.4) is 0 Å². The summed E-state index contributed by atoms with van der Waals surface area (Å²) in [6.45, 7) is 3.63. The first kappa shape index (κ1) is 11.9. The van der Waals surface area contributed by atoms with Gasteiger partial charge in [-0.3, -0.25) is 4.79 Å². The SMILES string of the molecule is O=C1CC(NCC2CCCOC2)CCCN1. The average Bonchev–Trinajstić information content (AvgIpc) is 2.52. The highest BCUT2D eigenvalue weighted by Crippen LogP contribution is 2.13. The van der Waals surface area contributed by atoms with Crippen LogP contribution in [0, 0.1) is 5.92 Å². The van der Waals surface area contributed by atoms with Crippen LogP contribution in [0.15, 0.2) is 0 Å². The number of hydrogen-bond acceptors (Lipinski definition) is 3. The third-order valence-corrected chi connectivity index (χ3v) is 3.43. The fourth-order valence-electron chi connectivity index (χ4n) is 2.45. The molecule has 0 aromatic rings. The molecule has 0 aromatic heterocycles. The Labute approximate surface area is 97.1 Å². The molecular weight excluding hydrogens is 204 g/mol. The first-order valence-electron chi connectivity index (χ1n) is 6.42. The number of nitrogens with one attached hydrogen (secondary N) is 2. The van der Waals surface area contributed by atoms with Gasteiger partial charge in [-0.25, -0.2) is 0 Å². The second-order valence-corrected chi connectivity index (χ2v) is 4.88. The summed E-state index contributed by atoms with van der Waals surface area (Å²) < 4.78 is 5.45. The van der Waals surface area contributed by atoms with Gasteiger partial charge in [0.2, 0.25) is 5.91 Å². The molecule has 0 aromatic carbocycles. The van der Waals surface area contributed by atoms with E-state index >= 15 is 0 Å². The van der Waals surface area contributed by atoms with Crippen molar-refractivity contribution in [1.82, 2.24) is 10.6 Å². The summed E-state index contributed by atoms with van der Waals surface area (Å²) >= 11 is 0. The Balaban J connectivity index is 1.69. The highest BCUT2D eigenvalue weighted by atomic mass is 16.5. The molecule has 16 heavy (non-hydrogen) atoms. The van der Waals surface area contributed by atoms with Crippen LogP contribution in [0.2, 0.25) is 0 Å². The van der Waals surface area contributed by atoms with Gasteiger partial charge >= 0.3 is 0 Å². The molecule has 2 unspecified atom stereocenters. The van der Waals surface area contributed by atoms with Crippen LogP contribution in [0.4, 0.5) is 0 Å². The molecule has 1 amide bonds. The number of amides is 1. The standard InChI is InChI=1S/C12H22N2O2/c15-12-7-11(4-1-5-13-12)14-8-10-3-2-6-16-9-10/h10-11,14H,1-9H2,(H,13,15). The van der Waals surface area contributed by atoms with E-state index in [1.165, 1.54) is 12.8 Å². The summed E-state index contributed by atoms with van der Waals surface area (Å²) in [6, 6.07) is 0.365. The molecule has 92 valence electrons. The van der Waals surface area contributed by atoms with E-state index in [9.17, 15) is 4.79 Å². The maximum Gasteiger partial charge on any atom is 0.221 e. The van der Waals surface area contributed by atoms with Gasteiger partial charge in [-0.15, -0.1) is 0 Å². The molecule has 0 spiro atoms. The van der Waals surface area contributed by atoms with Crippen LogP contribution >= 0.6 is 0 Å². The molecular formula is C12H22N2O2. The van der Waals surface area contributed by atoms with Gasteiger partial charge in [-0.05, 0) is 31.6 Å². The molecule has 2 saturated heterocycles. The van der Waals surface area contributed by atoms with E-state index in [4.69, 9.17) is 4.74 Å². The summed E-state index contributed by atoms with van der Waals surface area (Å²) in [7, 11) is 0. The fourth-order valence-corrected chi connectivity index (χ4v) is 2.45. The minimum Gasteiger partial charge on any atom is -0.381 e. The molecule has 4 heteroatoms. The van der Waals surface area contributed by atoms with Crippen LogP contribution < -0.4 is 10.6 Å². The van der Waals surface area contributed by atoms with Crippen molar-refractivity contribution in [3.05, 3.63) is 0 Å². The lowest BCUT2D eigenvalue weighted by Gasteiger charge is -2.24. The van der Waals surface area contributed by atoms with Crippen molar-refractivity contribution >= 4 is 5.91 Å². The van der Waals surface area contributed by atoms with Crippen molar-refractivity contribution in [3.63, 3.8) is 0 Å². The Morgan fingerprint density at radius 3 is 3.12 bits per heavy atom. The third-order valence-electron chi connectivity index (χ3n) is 3.43. The Morgan fingerprint density at radius 2 is 2.31 bits per heavy atom. The first-order valence-corrected chi connectivity index (χ1v) is 6.42. The van der Waals surface area contributed by atoms with Gasteiger partial charge in [0.05, 0.1) is 6.61 Å². The van der Waals surface area contributed by atoms with E-state index in [2.05, 4.69) is 10.6 Å². The summed E-state index contributed by atoms with van der Waals surface area (Å²) in [5.74, 6) is 0.829. The highest BCUT2D eigenvalue weighted by Gasteiger charge is 2.19. The predicted octanol–water partition coefficient (Wildman–Crippen LogP) is 0.671. The van der Waals surface area contributed by atoms with Gasteiger partial charge in [0, 0.05) is 32.2 Å². The Kier molecular flexibility index (Phi) is 4.60. The summed E-state index contributed by atoms with van der Waals surface area (Å²) in [6.07, 6.45) is 5.26. The minimum absolute atomic E-state index is 0.190. The van der Waals surface area contributed by atoms with Gasteiger partial charge in [-0.1, -0.05) is 0 Å². The monoisotopic (exact) mass is 226 g/mol. The predicted molar refractivity (Wildman–Crippen MR) is 62.2 cm³/mol. The normalized spacial score (nSPS) is 31.9. The summed E-state index contributed by atoms with van der Waals surface area (Å²) in [5.41, 5.74) is 0. The lowest BCUT2D eigenvalue weighted by Crippen LogP contribution is -2.37. The van der Waals surface area contributed by atoms with Crippen molar-refractivity contribution in [2.45, 2.75) is 38.1 Å². The van der Waals surface area contributed by atoms with Crippen LogP contribution in [0.1, 0.15) is 32.1 Å². The van der Waals surface area contributed by atoms with E-state index < -0.39 is 0 Å². The number of ether oxygens (including phenoxy) is 1. The topological polar surface area (TPSA) is 50.4 Å².